The Morgan fingerprint density at radius 3 is 2.43 bits per heavy atom. The molecule has 1 heterocycles. The molecule has 0 aliphatic rings. The molecule has 0 aliphatic heterocycles. The summed E-state index contributed by atoms with van der Waals surface area (Å²) in [5.41, 5.74) is 6.67. The van der Waals surface area contributed by atoms with Crippen molar-refractivity contribution in [2.45, 2.75) is 0 Å². The number of aromatic nitrogens is 1. The topological polar surface area (TPSA) is 52.0 Å². The molecule has 5 heteroatoms. The van der Waals surface area contributed by atoms with Crippen molar-refractivity contribution >= 4 is 17.5 Å². The van der Waals surface area contributed by atoms with Gasteiger partial charge in [0.05, 0.1) is 5.56 Å². The standard InChI is InChI=1S/C9H6ClFN2O/c10-8-7(9(12)14-13-8)5-1-3-6(11)4-2-5/h1-4H,12H2. The predicted octanol–water partition coefficient (Wildman–Crippen LogP) is 2.72. The quantitative estimate of drug-likeness (QED) is 0.791. The van der Waals surface area contributed by atoms with E-state index >= 15 is 0 Å². The molecule has 0 spiro atoms. The molecule has 3 nitrogen and oxygen atoms in total. The minimum Gasteiger partial charge on any atom is -0.367 e. The van der Waals surface area contributed by atoms with Gasteiger partial charge in [-0.25, -0.2) is 4.39 Å². The summed E-state index contributed by atoms with van der Waals surface area (Å²) in [4.78, 5) is 0. The molecule has 0 unspecified atom stereocenters. The Morgan fingerprint density at radius 1 is 1.29 bits per heavy atom. The number of hydrogen-bond donors (Lipinski definition) is 1. The van der Waals surface area contributed by atoms with Crippen molar-refractivity contribution in [1.29, 1.82) is 0 Å². The van der Waals surface area contributed by atoms with Crippen LogP contribution in [-0.4, -0.2) is 5.16 Å². The summed E-state index contributed by atoms with van der Waals surface area (Å²) in [6.45, 7) is 0. The monoisotopic (exact) mass is 212 g/mol. The van der Waals surface area contributed by atoms with Gasteiger partial charge in [0.1, 0.15) is 5.82 Å². The molecule has 1 aromatic carbocycles. The highest BCUT2D eigenvalue weighted by Crippen LogP contribution is 2.32. The van der Waals surface area contributed by atoms with Gasteiger partial charge in [0.25, 0.3) is 0 Å². The van der Waals surface area contributed by atoms with Gasteiger partial charge in [-0.3, -0.25) is 0 Å². The van der Waals surface area contributed by atoms with Gasteiger partial charge in [-0.2, -0.15) is 0 Å². The number of rotatable bonds is 1. The Hall–Kier alpha value is -1.55. The van der Waals surface area contributed by atoms with Crippen molar-refractivity contribution in [3.8, 4) is 11.1 Å². The molecule has 0 bridgehead atoms. The number of halogens is 2. The summed E-state index contributed by atoms with van der Waals surface area (Å²) < 4.78 is 17.3. The van der Waals surface area contributed by atoms with Crippen LogP contribution in [-0.2, 0) is 0 Å². The number of nitrogen functional groups attached to an aromatic ring is 1. The lowest BCUT2D eigenvalue weighted by atomic mass is 10.1. The number of hydrogen-bond acceptors (Lipinski definition) is 3. The summed E-state index contributed by atoms with van der Waals surface area (Å²) in [5.74, 6) is -0.193. The van der Waals surface area contributed by atoms with E-state index in [0.717, 1.165) is 0 Å². The summed E-state index contributed by atoms with van der Waals surface area (Å²) in [6.07, 6.45) is 0. The summed E-state index contributed by atoms with van der Waals surface area (Å²) in [7, 11) is 0. The highest BCUT2D eigenvalue weighted by molar-refractivity contribution is 6.32. The van der Waals surface area contributed by atoms with Gasteiger partial charge in [0, 0.05) is 0 Å². The molecule has 0 radical (unpaired) electrons. The van der Waals surface area contributed by atoms with Crippen molar-refractivity contribution in [3.63, 3.8) is 0 Å². The van der Waals surface area contributed by atoms with Crippen LogP contribution in [0.2, 0.25) is 5.15 Å². The van der Waals surface area contributed by atoms with Crippen molar-refractivity contribution < 1.29 is 8.91 Å². The van der Waals surface area contributed by atoms with Crippen molar-refractivity contribution in [1.82, 2.24) is 5.16 Å². The van der Waals surface area contributed by atoms with Gasteiger partial charge in [0.2, 0.25) is 5.88 Å². The number of nitrogens with zero attached hydrogens (tertiary/aromatic N) is 1. The van der Waals surface area contributed by atoms with Gasteiger partial charge < -0.3 is 10.3 Å². The first-order valence-electron chi connectivity index (χ1n) is 3.85. The molecule has 2 rings (SSSR count). The lowest BCUT2D eigenvalue weighted by Crippen LogP contribution is -1.85. The maximum absolute atomic E-state index is 12.6. The maximum Gasteiger partial charge on any atom is 0.231 e. The van der Waals surface area contributed by atoms with E-state index in [1.54, 1.807) is 12.1 Å². The number of nitrogens with two attached hydrogens (primary N) is 1. The molecule has 0 aliphatic carbocycles. The van der Waals surface area contributed by atoms with E-state index in [9.17, 15) is 4.39 Å². The molecular formula is C9H6ClFN2O. The van der Waals surface area contributed by atoms with E-state index in [-0.39, 0.29) is 16.9 Å². The third kappa shape index (κ3) is 1.44. The SMILES string of the molecule is Nc1onc(Cl)c1-c1ccc(F)cc1. The van der Waals surface area contributed by atoms with Crippen molar-refractivity contribution in [2.75, 3.05) is 5.73 Å². The average Bonchev–Trinajstić information content (AvgIpc) is 2.49. The van der Waals surface area contributed by atoms with E-state index < -0.39 is 0 Å². The number of anilines is 1. The van der Waals surface area contributed by atoms with Gasteiger partial charge in [-0.05, 0) is 17.7 Å². The van der Waals surface area contributed by atoms with E-state index in [2.05, 4.69) is 9.68 Å². The van der Waals surface area contributed by atoms with Gasteiger partial charge in [-0.15, -0.1) is 0 Å². The molecular weight excluding hydrogens is 207 g/mol. The second kappa shape index (κ2) is 3.31. The zero-order chi connectivity index (χ0) is 10.1. The van der Waals surface area contributed by atoms with Crippen LogP contribution in [0, 0.1) is 5.82 Å². The highest BCUT2D eigenvalue weighted by Gasteiger charge is 2.13. The first-order chi connectivity index (χ1) is 6.68. The second-order valence-electron chi connectivity index (χ2n) is 2.72. The van der Waals surface area contributed by atoms with Crippen LogP contribution in [0.4, 0.5) is 10.3 Å². The Morgan fingerprint density at radius 2 is 1.93 bits per heavy atom. The Bertz CT molecular complexity index is 433. The third-order valence-corrected chi connectivity index (χ3v) is 2.07. The smallest absolute Gasteiger partial charge is 0.231 e. The zero-order valence-corrected chi connectivity index (χ0v) is 7.75. The molecule has 0 amide bonds. The lowest BCUT2D eigenvalue weighted by molar-refractivity contribution is 0.437. The fourth-order valence-corrected chi connectivity index (χ4v) is 1.40. The maximum atomic E-state index is 12.6. The fourth-order valence-electron chi connectivity index (χ4n) is 1.16. The number of benzene rings is 1. The van der Waals surface area contributed by atoms with Crippen LogP contribution in [0.5, 0.6) is 0 Å². The lowest BCUT2D eigenvalue weighted by Gasteiger charge is -1.97. The molecule has 0 saturated heterocycles. The molecule has 0 saturated carbocycles. The molecule has 0 atom stereocenters. The Balaban J connectivity index is 2.54. The van der Waals surface area contributed by atoms with Crippen molar-refractivity contribution in [3.05, 3.63) is 35.2 Å². The van der Waals surface area contributed by atoms with Crippen LogP contribution >= 0.6 is 11.6 Å². The summed E-state index contributed by atoms with van der Waals surface area (Å²) >= 11 is 5.74. The molecule has 0 fully saturated rings. The van der Waals surface area contributed by atoms with E-state index in [1.807, 2.05) is 0 Å². The van der Waals surface area contributed by atoms with E-state index in [0.29, 0.717) is 11.1 Å². The second-order valence-corrected chi connectivity index (χ2v) is 3.08. The molecule has 1 aromatic heterocycles. The minimum atomic E-state index is -0.320. The van der Waals surface area contributed by atoms with Crippen LogP contribution in [0.25, 0.3) is 11.1 Å². The normalized spacial score (nSPS) is 10.4. The highest BCUT2D eigenvalue weighted by atomic mass is 35.5. The van der Waals surface area contributed by atoms with Crippen LogP contribution in [0.3, 0.4) is 0 Å². The third-order valence-electron chi connectivity index (χ3n) is 1.81. The molecule has 14 heavy (non-hydrogen) atoms. The van der Waals surface area contributed by atoms with Gasteiger partial charge in [0.15, 0.2) is 5.15 Å². The Kier molecular flexibility index (Phi) is 2.13. The molecule has 2 N–H and O–H groups in total. The minimum absolute atomic E-state index is 0.126. The zero-order valence-electron chi connectivity index (χ0n) is 7.00. The fraction of sp³-hybridized carbons (Fsp3) is 0. The predicted molar refractivity (Wildman–Crippen MR) is 51.3 cm³/mol. The van der Waals surface area contributed by atoms with Crippen LogP contribution in [0.15, 0.2) is 28.8 Å². The van der Waals surface area contributed by atoms with Crippen LogP contribution in [0.1, 0.15) is 0 Å². The molecule has 2 aromatic rings. The largest absolute Gasteiger partial charge is 0.367 e. The van der Waals surface area contributed by atoms with Gasteiger partial charge in [-0.1, -0.05) is 28.9 Å². The summed E-state index contributed by atoms with van der Waals surface area (Å²) in [5, 5.41) is 3.66. The van der Waals surface area contributed by atoms with Crippen LogP contribution < -0.4 is 5.73 Å². The van der Waals surface area contributed by atoms with E-state index in [4.69, 9.17) is 17.3 Å². The first kappa shape index (κ1) is 9.02. The molecule has 72 valence electrons. The Labute approximate surface area is 84.3 Å². The first-order valence-corrected chi connectivity index (χ1v) is 4.23. The van der Waals surface area contributed by atoms with E-state index in [1.165, 1.54) is 12.1 Å². The average molecular weight is 213 g/mol. The summed E-state index contributed by atoms with van der Waals surface area (Å²) in [6, 6.07) is 5.75. The van der Waals surface area contributed by atoms with Gasteiger partial charge >= 0.3 is 0 Å². The van der Waals surface area contributed by atoms with Crippen molar-refractivity contribution in [2.24, 2.45) is 0 Å².